The van der Waals surface area contributed by atoms with Crippen molar-refractivity contribution >= 4 is 11.9 Å². The number of esters is 1. The molecule has 1 N–H and O–H groups in total. The number of carboxylic acids is 1. The van der Waals surface area contributed by atoms with Gasteiger partial charge in [0.15, 0.2) is 0 Å². The van der Waals surface area contributed by atoms with Crippen molar-refractivity contribution in [2.24, 2.45) is 0 Å². The van der Waals surface area contributed by atoms with Gasteiger partial charge in [-0.25, -0.2) is 4.79 Å². The van der Waals surface area contributed by atoms with E-state index in [0.29, 0.717) is 18.4 Å². The fourth-order valence-electron chi connectivity index (χ4n) is 1.53. The molecule has 4 nitrogen and oxygen atoms in total. The van der Waals surface area contributed by atoms with Crippen LogP contribution >= 0.6 is 0 Å². The van der Waals surface area contributed by atoms with Crippen LogP contribution in [-0.2, 0) is 14.3 Å². The van der Waals surface area contributed by atoms with Crippen LogP contribution in [0.5, 0.6) is 0 Å². The average Bonchev–Trinajstić information content (AvgIpc) is 2.20. The van der Waals surface area contributed by atoms with E-state index in [2.05, 4.69) is 0 Å². The zero-order valence-corrected chi connectivity index (χ0v) is 11.8. The fourth-order valence-corrected chi connectivity index (χ4v) is 1.53. The highest BCUT2D eigenvalue weighted by Gasteiger charge is 2.15. The molecule has 0 spiro atoms. The van der Waals surface area contributed by atoms with E-state index in [9.17, 15) is 9.59 Å². The molecule has 0 aromatic heterocycles. The molecule has 0 aromatic rings. The summed E-state index contributed by atoms with van der Waals surface area (Å²) in [6, 6.07) is 0. The second-order valence-corrected chi connectivity index (χ2v) is 5.27. The van der Waals surface area contributed by atoms with E-state index in [-0.39, 0.29) is 5.97 Å². The van der Waals surface area contributed by atoms with Gasteiger partial charge in [0.05, 0.1) is 0 Å². The second-order valence-electron chi connectivity index (χ2n) is 5.27. The standard InChI is InChI=1S/C14H24O4/c1-5-11(13(16)17)9-7-6-8-10-12(15)18-14(2,3)4/h5H,6-10H2,1-4H3,(H,16,17). The fraction of sp³-hybridized carbons (Fsp3) is 0.714. The lowest BCUT2D eigenvalue weighted by atomic mass is 10.1. The highest BCUT2D eigenvalue weighted by Crippen LogP contribution is 2.13. The Balaban J connectivity index is 3.69. The Bertz CT molecular complexity index is 310. The summed E-state index contributed by atoms with van der Waals surface area (Å²) in [5.41, 5.74) is 0.00525. The molecule has 0 aliphatic heterocycles. The maximum absolute atomic E-state index is 11.4. The Labute approximate surface area is 109 Å². The topological polar surface area (TPSA) is 63.6 Å². The molecule has 0 radical (unpaired) electrons. The second kappa shape index (κ2) is 7.90. The summed E-state index contributed by atoms with van der Waals surface area (Å²) in [5.74, 6) is -1.04. The zero-order valence-electron chi connectivity index (χ0n) is 11.8. The lowest BCUT2D eigenvalue weighted by molar-refractivity contribution is -0.155. The highest BCUT2D eigenvalue weighted by molar-refractivity contribution is 5.86. The number of carbonyl (C=O) groups excluding carboxylic acids is 1. The van der Waals surface area contributed by atoms with Crippen molar-refractivity contribution in [2.45, 2.75) is 65.4 Å². The quantitative estimate of drug-likeness (QED) is 0.431. The van der Waals surface area contributed by atoms with Gasteiger partial charge in [0.25, 0.3) is 0 Å². The number of aliphatic carboxylic acids is 1. The van der Waals surface area contributed by atoms with E-state index in [1.54, 1.807) is 13.0 Å². The molecular weight excluding hydrogens is 232 g/mol. The largest absolute Gasteiger partial charge is 0.478 e. The normalized spacial score (nSPS) is 12.3. The van der Waals surface area contributed by atoms with Gasteiger partial charge in [0.2, 0.25) is 0 Å². The van der Waals surface area contributed by atoms with E-state index in [1.807, 2.05) is 20.8 Å². The van der Waals surface area contributed by atoms with Crippen LogP contribution in [0.2, 0.25) is 0 Å². The Kier molecular flexibility index (Phi) is 7.32. The van der Waals surface area contributed by atoms with E-state index < -0.39 is 11.6 Å². The molecule has 0 saturated carbocycles. The van der Waals surface area contributed by atoms with Gasteiger partial charge in [-0.2, -0.15) is 0 Å². The van der Waals surface area contributed by atoms with Crippen LogP contribution in [0.3, 0.4) is 0 Å². The van der Waals surface area contributed by atoms with Crippen molar-refractivity contribution < 1.29 is 19.4 Å². The van der Waals surface area contributed by atoms with Crippen molar-refractivity contribution in [1.82, 2.24) is 0 Å². The van der Waals surface area contributed by atoms with Gasteiger partial charge >= 0.3 is 11.9 Å². The van der Waals surface area contributed by atoms with Crippen LogP contribution in [0, 0.1) is 0 Å². The minimum atomic E-state index is -0.857. The third-order valence-corrected chi connectivity index (χ3v) is 2.37. The summed E-state index contributed by atoms with van der Waals surface area (Å²) < 4.78 is 5.18. The summed E-state index contributed by atoms with van der Waals surface area (Å²) in [7, 11) is 0. The van der Waals surface area contributed by atoms with Crippen LogP contribution in [0.25, 0.3) is 0 Å². The number of unbranched alkanes of at least 4 members (excludes halogenated alkanes) is 2. The molecule has 0 atom stereocenters. The smallest absolute Gasteiger partial charge is 0.331 e. The first-order valence-corrected chi connectivity index (χ1v) is 6.36. The number of hydrogen-bond donors (Lipinski definition) is 1. The first-order chi connectivity index (χ1) is 8.26. The lowest BCUT2D eigenvalue weighted by Crippen LogP contribution is -2.23. The van der Waals surface area contributed by atoms with Crippen molar-refractivity contribution in [1.29, 1.82) is 0 Å². The van der Waals surface area contributed by atoms with Gasteiger partial charge in [0, 0.05) is 12.0 Å². The zero-order chi connectivity index (χ0) is 14.2. The summed E-state index contributed by atoms with van der Waals surface area (Å²) >= 11 is 0. The predicted molar refractivity (Wildman–Crippen MR) is 70.3 cm³/mol. The Morgan fingerprint density at radius 3 is 2.11 bits per heavy atom. The minimum Gasteiger partial charge on any atom is -0.478 e. The summed E-state index contributed by atoms with van der Waals surface area (Å²) in [6.07, 6.45) is 4.94. The van der Waals surface area contributed by atoms with Crippen LogP contribution in [-0.4, -0.2) is 22.6 Å². The molecule has 4 heteroatoms. The molecule has 0 aliphatic carbocycles. The molecule has 0 unspecified atom stereocenters. The summed E-state index contributed by atoms with van der Waals surface area (Å²) in [6.45, 7) is 7.26. The van der Waals surface area contributed by atoms with Gasteiger partial charge in [-0.3, -0.25) is 4.79 Å². The van der Waals surface area contributed by atoms with Gasteiger partial charge in [-0.05, 0) is 47.0 Å². The van der Waals surface area contributed by atoms with Crippen molar-refractivity contribution in [3.05, 3.63) is 11.6 Å². The molecular formula is C14H24O4. The highest BCUT2D eigenvalue weighted by atomic mass is 16.6. The number of rotatable bonds is 7. The lowest BCUT2D eigenvalue weighted by Gasteiger charge is -2.19. The van der Waals surface area contributed by atoms with E-state index in [0.717, 1.165) is 19.3 Å². The molecule has 0 bridgehead atoms. The molecule has 104 valence electrons. The molecule has 0 saturated heterocycles. The summed E-state index contributed by atoms with van der Waals surface area (Å²) in [5, 5.41) is 8.80. The van der Waals surface area contributed by atoms with Crippen molar-refractivity contribution in [2.75, 3.05) is 0 Å². The van der Waals surface area contributed by atoms with Crippen LogP contribution in [0.4, 0.5) is 0 Å². The third-order valence-electron chi connectivity index (χ3n) is 2.37. The van der Waals surface area contributed by atoms with Crippen LogP contribution in [0.1, 0.15) is 59.8 Å². The first kappa shape index (κ1) is 16.7. The molecule has 0 fully saturated rings. The van der Waals surface area contributed by atoms with Gasteiger partial charge < -0.3 is 9.84 Å². The van der Waals surface area contributed by atoms with Crippen LogP contribution < -0.4 is 0 Å². The number of allylic oxidation sites excluding steroid dienone is 1. The van der Waals surface area contributed by atoms with Gasteiger partial charge in [-0.15, -0.1) is 0 Å². The Morgan fingerprint density at radius 2 is 1.67 bits per heavy atom. The van der Waals surface area contributed by atoms with Crippen molar-refractivity contribution in [3.63, 3.8) is 0 Å². The molecule has 0 amide bonds. The molecule has 0 aliphatic rings. The molecule has 0 heterocycles. The number of carbonyl (C=O) groups is 2. The van der Waals surface area contributed by atoms with E-state index >= 15 is 0 Å². The number of ether oxygens (including phenoxy) is 1. The van der Waals surface area contributed by atoms with Gasteiger partial charge in [-0.1, -0.05) is 12.5 Å². The molecule has 0 rings (SSSR count). The van der Waals surface area contributed by atoms with E-state index in [1.165, 1.54) is 0 Å². The first-order valence-electron chi connectivity index (χ1n) is 6.36. The maximum Gasteiger partial charge on any atom is 0.331 e. The molecule has 0 aromatic carbocycles. The van der Waals surface area contributed by atoms with Crippen molar-refractivity contribution in [3.8, 4) is 0 Å². The predicted octanol–water partition coefficient (Wildman–Crippen LogP) is 3.31. The maximum atomic E-state index is 11.4. The minimum absolute atomic E-state index is 0.188. The average molecular weight is 256 g/mol. The van der Waals surface area contributed by atoms with Crippen LogP contribution in [0.15, 0.2) is 11.6 Å². The van der Waals surface area contributed by atoms with Gasteiger partial charge in [0.1, 0.15) is 5.60 Å². The third kappa shape index (κ3) is 8.79. The Morgan fingerprint density at radius 1 is 1.11 bits per heavy atom. The number of hydrogen-bond acceptors (Lipinski definition) is 3. The number of carboxylic acid groups (broad SMARTS) is 1. The monoisotopic (exact) mass is 256 g/mol. The molecule has 18 heavy (non-hydrogen) atoms. The SMILES string of the molecule is CC=C(CCCCCC(=O)OC(C)(C)C)C(=O)O. The Hall–Kier alpha value is -1.32. The van der Waals surface area contributed by atoms with E-state index in [4.69, 9.17) is 9.84 Å². The summed E-state index contributed by atoms with van der Waals surface area (Å²) in [4.78, 5) is 22.1.